The number of aliphatic imine (C=N–C) groups is 2. The van der Waals surface area contributed by atoms with Crippen molar-refractivity contribution in [3.05, 3.63) is 0 Å². The summed E-state index contributed by atoms with van der Waals surface area (Å²) < 4.78 is 5.64. The molecule has 5 atom stereocenters. The molecule has 3 aliphatic heterocycles. The van der Waals surface area contributed by atoms with Crippen molar-refractivity contribution < 1.29 is 9.53 Å². The lowest BCUT2D eigenvalue weighted by Crippen LogP contribution is -2.63. The van der Waals surface area contributed by atoms with Crippen molar-refractivity contribution in [3.8, 4) is 0 Å². The van der Waals surface area contributed by atoms with E-state index < -0.39 is 0 Å². The molecule has 188 valence electrons. The van der Waals surface area contributed by atoms with E-state index in [0.29, 0.717) is 25.2 Å². The van der Waals surface area contributed by atoms with Crippen molar-refractivity contribution in [1.82, 2.24) is 10.2 Å². The van der Waals surface area contributed by atoms with Crippen molar-refractivity contribution >= 4 is 17.9 Å². The zero-order valence-corrected chi connectivity index (χ0v) is 20.8. The highest BCUT2D eigenvalue weighted by Gasteiger charge is 2.50. The fraction of sp³-hybridized carbons (Fsp3) is 0.880. The van der Waals surface area contributed by atoms with Crippen LogP contribution in [-0.2, 0) is 9.53 Å². The van der Waals surface area contributed by atoms with Gasteiger partial charge in [-0.2, -0.15) is 0 Å². The lowest BCUT2D eigenvalue weighted by molar-refractivity contribution is -0.151. The highest BCUT2D eigenvalue weighted by molar-refractivity contribution is 5.86. The molecule has 8 heteroatoms. The van der Waals surface area contributed by atoms with E-state index in [2.05, 4.69) is 29.1 Å². The number of rotatable bonds is 14. The zero-order valence-electron chi connectivity index (χ0n) is 20.8. The molecule has 0 amide bonds. The topological polar surface area (TPSA) is 118 Å². The largest absolute Gasteiger partial charge is 0.465 e. The van der Waals surface area contributed by atoms with Gasteiger partial charge < -0.3 is 26.4 Å². The van der Waals surface area contributed by atoms with Gasteiger partial charge in [0.15, 0.2) is 11.9 Å². The van der Waals surface area contributed by atoms with Gasteiger partial charge in [-0.3, -0.25) is 9.79 Å². The second-order valence-corrected chi connectivity index (χ2v) is 10.1. The average molecular weight is 463 g/mol. The summed E-state index contributed by atoms with van der Waals surface area (Å²) in [6.07, 6.45) is 15.6. The van der Waals surface area contributed by atoms with Gasteiger partial charge in [0.1, 0.15) is 0 Å². The number of nitrogens with one attached hydrogen (secondary N) is 1. The second kappa shape index (κ2) is 13.0. The van der Waals surface area contributed by atoms with Crippen LogP contribution in [0.15, 0.2) is 9.98 Å². The number of hydrogen-bond donors (Lipinski definition) is 3. The van der Waals surface area contributed by atoms with Crippen LogP contribution < -0.4 is 16.8 Å². The number of nitrogens with zero attached hydrogens (tertiary/aromatic N) is 3. The molecule has 0 spiro atoms. The number of carbonyl (C=O) groups is 1. The highest BCUT2D eigenvalue weighted by atomic mass is 16.5. The third-order valence-electron chi connectivity index (χ3n) is 7.46. The van der Waals surface area contributed by atoms with Gasteiger partial charge in [-0.1, -0.05) is 51.9 Å². The molecule has 0 aliphatic carbocycles. The Bertz CT molecular complexity index is 678. The van der Waals surface area contributed by atoms with Gasteiger partial charge >= 0.3 is 5.97 Å². The Morgan fingerprint density at radius 3 is 2.64 bits per heavy atom. The van der Waals surface area contributed by atoms with Crippen molar-refractivity contribution in [3.63, 3.8) is 0 Å². The summed E-state index contributed by atoms with van der Waals surface area (Å²) in [5.74, 6) is 0.837. The third kappa shape index (κ3) is 7.24. The maximum atomic E-state index is 12.9. The summed E-state index contributed by atoms with van der Waals surface area (Å²) in [4.78, 5) is 24.2. The van der Waals surface area contributed by atoms with E-state index in [1.165, 1.54) is 51.4 Å². The number of esters is 1. The molecule has 3 aliphatic rings. The molecule has 3 rings (SSSR count). The fourth-order valence-corrected chi connectivity index (χ4v) is 5.75. The molecule has 0 bridgehead atoms. The first-order chi connectivity index (χ1) is 16.0. The molecule has 2 saturated heterocycles. The average Bonchev–Trinajstić information content (AvgIpc) is 3.19. The van der Waals surface area contributed by atoms with Crippen LogP contribution in [0.1, 0.15) is 97.3 Å². The van der Waals surface area contributed by atoms with Crippen LogP contribution >= 0.6 is 0 Å². The molecule has 0 aromatic rings. The third-order valence-corrected chi connectivity index (χ3v) is 7.46. The Hall–Kier alpha value is -1.99. The summed E-state index contributed by atoms with van der Waals surface area (Å²) in [6, 6.07) is 1.17. The number of ether oxygens (including phenoxy) is 1. The molecule has 0 radical (unpaired) electrons. The monoisotopic (exact) mass is 462 g/mol. The molecule has 8 nitrogen and oxygen atoms in total. The van der Waals surface area contributed by atoms with E-state index in [1.807, 2.05) is 0 Å². The lowest BCUT2D eigenvalue weighted by atomic mass is 9.89. The molecule has 5 N–H and O–H groups in total. The maximum Gasteiger partial charge on any atom is 0.313 e. The Balaban J connectivity index is 1.45. The number of hydrogen-bond acceptors (Lipinski definition) is 6. The summed E-state index contributed by atoms with van der Waals surface area (Å²) in [5.41, 5.74) is 10.7. The van der Waals surface area contributed by atoms with Gasteiger partial charge in [0.2, 0.25) is 0 Å². The molecule has 33 heavy (non-hydrogen) atoms. The molecular formula is C25H46N6O2. The van der Waals surface area contributed by atoms with Crippen LogP contribution in [0.4, 0.5) is 0 Å². The summed E-state index contributed by atoms with van der Waals surface area (Å²) in [5, 5.41) is 3.72. The first-order valence-corrected chi connectivity index (χ1v) is 13.4. The van der Waals surface area contributed by atoms with E-state index in [1.54, 1.807) is 0 Å². The molecule has 0 aromatic carbocycles. The summed E-state index contributed by atoms with van der Waals surface area (Å²) in [6.45, 7) is 5.30. The molecule has 0 saturated carbocycles. The first-order valence-electron chi connectivity index (χ1n) is 13.4. The predicted molar refractivity (Wildman–Crippen MR) is 134 cm³/mol. The Morgan fingerprint density at radius 2 is 1.88 bits per heavy atom. The van der Waals surface area contributed by atoms with Gasteiger partial charge in [0.25, 0.3) is 0 Å². The molecule has 2 fully saturated rings. The van der Waals surface area contributed by atoms with E-state index >= 15 is 0 Å². The van der Waals surface area contributed by atoms with Gasteiger partial charge in [-0.15, -0.1) is 0 Å². The van der Waals surface area contributed by atoms with E-state index in [9.17, 15) is 4.79 Å². The minimum Gasteiger partial charge on any atom is -0.465 e. The van der Waals surface area contributed by atoms with Crippen LogP contribution in [0.2, 0.25) is 0 Å². The minimum absolute atomic E-state index is 0.0565. The smallest absolute Gasteiger partial charge is 0.313 e. The molecule has 3 heterocycles. The highest BCUT2D eigenvalue weighted by Crippen LogP contribution is 2.39. The second-order valence-electron chi connectivity index (χ2n) is 10.1. The first kappa shape index (κ1) is 25.6. The zero-order chi connectivity index (χ0) is 23.6. The van der Waals surface area contributed by atoms with Gasteiger partial charge in [-0.25, -0.2) is 4.99 Å². The van der Waals surface area contributed by atoms with Gasteiger partial charge in [-0.05, 0) is 45.4 Å². The Kier molecular flexibility index (Phi) is 10.1. The normalized spacial score (nSPS) is 28.0. The number of carbonyl (C=O) groups excluding carboxylic acids is 1. The quantitative estimate of drug-likeness (QED) is 0.158. The van der Waals surface area contributed by atoms with Crippen LogP contribution in [0.25, 0.3) is 0 Å². The summed E-state index contributed by atoms with van der Waals surface area (Å²) in [7, 11) is 0. The standard InChI is InChI=1S/C25H46N6O2/c1-3-4-5-6-7-8-9-12-19-17-20-13-14-21-22(18(2)29-25(30-19)31(20)21)23(32)33-16-11-10-15-28-24(26)27/h18-22H,3-17H2,1-2H3,(H,29,30)(H4,26,27,28)/t18-,19-,20+,21+,22+/m1/s1. The van der Waals surface area contributed by atoms with Crippen molar-refractivity contribution in [2.75, 3.05) is 13.2 Å². The molecule has 0 unspecified atom stereocenters. The van der Waals surface area contributed by atoms with Crippen molar-refractivity contribution in [2.24, 2.45) is 27.4 Å². The van der Waals surface area contributed by atoms with E-state index in [0.717, 1.165) is 38.1 Å². The van der Waals surface area contributed by atoms with Crippen molar-refractivity contribution in [2.45, 2.75) is 121 Å². The number of unbranched alkanes of at least 4 members (excludes halogenated alkanes) is 7. The van der Waals surface area contributed by atoms with Crippen LogP contribution in [-0.4, -0.2) is 60.1 Å². The van der Waals surface area contributed by atoms with Gasteiger partial charge in [0.05, 0.1) is 18.6 Å². The van der Waals surface area contributed by atoms with Crippen LogP contribution in [0.3, 0.4) is 0 Å². The predicted octanol–water partition coefficient (Wildman–Crippen LogP) is 3.29. The summed E-state index contributed by atoms with van der Waals surface area (Å²) >= 11 is 0. The van der Waals surface area contributed by atoms with Crippen LogP contribution in [0.5, 0.6) is 0 Å². The Labute approximate surface area is 200 Å². The van der Waals surface area contributed by atoms with E-state index in [-0.39, 0.29) is 29.9 Å². The molecular weight excluding hydrogens is 416 g/mol. The minimum atomic E-state index is -0.182. The maximum absolute atomic E-state index is 12.9. The molecule has 0 aromatic heterocycles. The fourth-order valence-electron chi connectivity index (χ4n) is 5.75. The van der Waals surface area contributed by atoms with Gasteiger partial charge in [0, 0.05) is 24.7 Å². The number of guanidine groups is 2. The number of nitrogens with two attached hydrogens (primary N) is 2. The SMILES string of the molecule is CCCCCCCCC[C@@H]1C[C@@H]2CC[C@H]3[C@@H](C(=O)OCCCCN=C(N)N)[C@@H](C)N=C(N1)N23. The van der Waals surface area contributed by atoms with Crippen LogP contribution in [0, 0.1) is 5.92 Å². The van der Waals surface area contributed by atoms with E-state index in [4.69, 9.17) is 21.2 Å². The Morgan fingerprint density at radius 1 is 1.12 bits per heavy atom. The van der Waals surface area contributed by atoms with Crippen molar-refractivity contribution in [1.29, 1.82) is 0 Å². The lowest BCUT2D eigenvalue weighted by Gasteiger charge is -2.46.